The van der Waals surface area contributed by atoms with Crippen molar-refractivity contribution in [2.75, 3.05) is 24.6 Å². The number of hydrogen-bond acceptors (Lipinski definition) is 4. The van der Waals surface area contributed by atoms with Crippen molar-refractivity contribution in [2.24, 2.45) is 0 Å². The number of sulfonamides is 1. The van der Waals surface area contributed by atoms with E-state index in [2.05, 4.69) is 20.8 Å². The zero-order chi connectivity index (χ0) is 19.7. The number of para-hydroxylation sites is 1. The predicted molar refractivity (Wildman–Crippen MR) is 108 cm³/mol. The van der Waals surface area contributed by atoms with Gasteiger partial charge in [0.05, 0.1) is 18.0 Å². The van der Waals surface area contributed by atoms with Crippen molar-refractivity contribution < 1.29 is 17.9 Å². The fourth-order valence-electron chi connectivity index (χ4n) is 2.71. The van der Waals surface area contributed by atoms with Gasteiger partial charge in [0, 0.05) is 12.6 Å². The molecule has 1 aliphatic rings. The molecule has 1 saturated heterocycles. The van der Waals surface area contributed by atoms with E-state index in [0.717, 1.165) is 5.56 Å². The van der Waals surface area contributed by atoms with Crippen LogP contribution < -0.4 is 9.04 Å². The third-order valence-electron chi connectivity index (χ3n) is 4.64. The molecule has 0 aromatic heterocycles. The Morgan fingerprint density at radius 2 is 1.81 bits per heavy atom. The molecule has 6 heteroatoms. The van der Waals surface area contributed by atoms with E-state index >= 15 is 0 Å². The van der Waals surface area contributed by atoms with Gasteiger partial charge in [-0.1, -0.05) is 51.1 Å². The molecule has 1 atom stereocenters. The zero-order valence-corrected chi connectivity index (χ0v) is 17.1. The van der Waals surface area contributed by atoms with E-state index in [1.165, 1.54) is 4.31 Å². The van der Waals surface area contributed by atoms with Gasteiger partial charge in [0.1, 0.15) is 18.5 Å². The molecular weight excluding hydrogens is 362 g/mol. The summed E-state index contributed by atoms with van der Waals surface area (Å²) in [6, 6.07) is 14.9. The van der Waals surface area contributed by atoms with Gasteiger partial charge >= 0.3 is 0 Å². The van der Waals surface area contributed by atoms with Crippen LogP contribution in [0.1, 0.15) is 31.9 Å². The van der Waals surface area contributed by atoms with Crippen LogP contribution in [0.5, 0.6) is 5.75 Å². The van der Waals surface area contributed by atoms with Crippen molar-refractivity contribution in [1.82, 2.24) is 0 Å². The second-order valence-corrected chi connectivity index (χ2v) is 9.90. The van der Waals surface area contributed by atoms with Crippen molar-refractivity contribution >= 4 is 15.7 Å². The molecule has 0 bridgehead atoms. The number of anilines is 1. The van der Waals surface area contributed by atoms with E-state index in [9.17, 15) is 8.42 Å². The SMILES string of the molecule is CN(c1ccccc1)S(=O)(=O)Cc1ccc(C(C)(C)C)cc1OCC1CO1. The third-order valence-corrected chi connectivity index (χ3v) is 6.36. The smallest absolute Gasteiger partial charge is 0.239 e. The van der Waals surface area contributed by atoms with E-state index in [1.807, 2.05) is 36.4 Å². The summed E-state index contributed by atoms with van der Waals surface area (Å²) < 4.78 is 38.3. The molecule has 0 radical (unpaired) electrons. The number of epoxide rings is 1. The first-order chi connectivity index (χ1) is 12.7. The number of ether oxygens (including phenoxy) is 2. The lowest BCUT2D eigenvalue weighted by Gasteiger charge is -2.23. The lowest BCUT2D eigenvalue weighted by molar-refractivity contribution is 0.261. The maximum absolute atomic E-state index is 12.9. The van der Waals surface area contributed by atoms with E-state index in [4.69, 9.17) is 9.47 Å². The molecule has 1 unspecified atom stereocenters. The molecule has 0 saturated carbocycles. The highest BCUT2D eigenvalue weighted by molar-refractivity contribution is 7.92. The van der Waals surface area contributed by atoms with Crippen LogP contribution in [0.4, 0.5) is 5.69 Å². The molecule has 0 N–H and O–H groups in total. The Morgan fingerprint density at radius 3 is 2.41 bits per heavy atom. The van der Waals surface area contributed by atoms with E-state index < -0.39 is 10.0 Å². The first-order valence-electron chi connectivity index (χ1n) is 9.06. The van der Waals surface area contributed by atoms with Crippen LogP contribution in [0.15, 0.2) is 48.5 Å². The largest absolute Gasteiger partial charge is 0.490 e. The van der Waals surface area contributed by atoms with Crippen molar-refractivity contribution in [3.05, 3.63) is 59.7 Å². The van der Waals surface area contributed by atoms with Gasteiger partial charge in [0.25, 0.3) is 0 Å². The highest BCUT2D eigenvalue weighted by atomic mass is 32.2. The zero-order valence-electron chi connectivity index (χ0n) is 16.3. The summed E-state index contributed by atoms with van der Waals surface area (Å²) in [6.45, 7) is 7.50. The van der Waals surface area contributed by atoms with Crippen molar-refractivity contribution in [3.8, 4) is 5.75 Å². The Kier molecular flexibility index (Phi) is 5.49. The average molecular weight is 390 g/mol. The van der Waals surface area contributed by atoms with Gasteiger partial charge in [-0.25, -0.2) is 8.42 Å². The fraction of sp³-hybridized carbons (Fsp3) is 0.429. The minimum Gasteiger partial charge on any atom is -0.490 e. The summed E-state index contributed by atoms with van der Waals surface area (Å²) in [5, 5.41) is 0. The van der Waals surface area contributed by atoms with Gasteiger partial charge in [-0.3, -0.25) is 4.31 Å². The monoisotopic (exact) mass is 389 g/mol. The van der Waals surface area contributed by atoms with Gasteiger partial charge in [-0.15, -0.1) is 0 Å². The normalized spacial score (nSPS) is 16.8. The molecular formula is C21H27NO4S. The molecule has 0 spiro atoms. The summed E-state index contributed by atoms with van der Waals surface area (Å²) in [7, 11) is -1.96. The molecule has 1 aliphatic heterocycles. The van der Waals surface area contributed by atoms with Crippen LogP contribution in [0, 0.1) is 0 Å². The topological polar surface area (TPSA) is 59.1 Å². The lowest BCUT2D eigenvalue weighted by atomic mass is 9.86. The highest BCUT2D eigenvalue weighted by Crippen LogP contribution is 2.31. The van der Waals surface area contributed by atoms with Gasteiger partial charge in [0.15, 0.2) is 0 Å². The van der Waals surface area contributed by atoms with E-state index in [0.29, 0.717) is 30.2 Å². The maximum atomic E-state index is 12.9. The minimum absolute atomic E-state index is 0.0492. The van der Waals surface area contributed by atoms with Crippen molar-refractivity contribution in [3.63, 3.8) is 0 Å². The van der Waals surface area contributed by atoms with E-state index in [-0.39, 0.29) is 17.3 Å². The Hall–Kier alpha value is -2.05. The third kappa shape index (κ3) is 5.02. The van der Waals surface area contributed by atoms with Gasteiger partial charge in [0.2, 0.25) is 10.0 Å². The van der Waals surface area contributed by atoms with Crippen LogP contribution in [0.2, 0.25) is 0 Å². The Morgan fingerprint density at radius 1 is 1.15 bits per heavy atom. The van der Waals surface area contributed by atoms with Gasteiger partial charge in [-0.2, -0.15) is 0 Å². The van der Waals surface area contributed by atoms with Gasteiger partial charge < -0.3 is 9.47 Å². The molecule has 146 valence electrons. The van der Waals surface area contributed by atoms with Crippen molar-refractivity contribution in [2.45, 2.75) is 38.0 Å². The van der Waals surface area contributed by atoms with Crippen LogP contribution in [0.25, 0.3) is 0 Å². The summed E-state index contributed by atoms with van der Waals surface area (Å²) in [5.74, 6) is 0.492. The van der Waals surface area contributed by atoms with Crippen LogP contribution >= 0.6 is 0 Å². The maximum Gasteiger partial charge on any atom is 0.239 e. The molecule has 1 heterocycles. The summed E-state index contributed by atoms with van der Waals surface area (Å²) in [5.41, 5.74) is 2.35. The summed E-state index contributed by atoms with van der Waals surface area (Å²) in [4.78, 5) is 0. The number of nitrogens with zero attached hydrogens (tertiary/aromatic N) is 1. The molecule has 5 nitrogen and oxygen atoms in total. The van der Waals surface area contributed by atoms with Crippen molar-refractivity contribution in [1.29, 1.82) is 0 Å². The Balaban J connectivity index is 1.87. The van der Waals surface area contributed by atoms with Crippen LogP contribution in [0.3, 0.4) is 0 Å². The van der Waals surface area contributed by atoms with Gasteiger partial charge in [-0.05, 0) is 29.2 Å². The number of hydrogen-bond donors (Lipinski definition) is 0. The molecule has 2 aromatic carbocycles. The summed E-state index contributed by atoms with van der Waals surface area (Å²) in [6.07, 6.45) is 0.111. The highest BCUT2D eigenvalue weighted by Gasteiger charge is 2.26. The summed E-state index contributed by atoms with van der Waals surface area (Å²) >= 11 is 0. The van der Waals surface area contributed by atoms with Crippen LogP contribution in [-0.2, 0) is 25.9 Å². The Bertz CT molecular complexity index is 884. The van der Waals surface area contributed by atoms with Crippen LogP contribution in [-0.4, -0.2) is 34.8 Å². The Labute approximate surface area is 162 Å². The molecule has 0 amide bonds. The number of benzene rings is 2. The molecule has 0 aliphatic carbocycles. The predicted octanol–water partition coefficient (Wildman–Crippen LogP) is 3.73. The molecule has 2 aromatic rings. The second kappa shape index (κ2) is 7.52. The lowest BCUT2D eigenvalue weighted by Crippen LogP contribution is -2.28. The fourth-order valence-corrected chi connectivity index (χ4v) is 3.98. The molecule has 27 heavy (non-hydrogen) atoms. The second-order valence-electron chi connectivity index (χ2n) is 7.90. The molecule has 3 rings (SSSR count). The first kappa shape index (κ1) is 19.7. The minimum atomic E-state index is -3.54. The average Bonchev–Trinajstić information content (AvgIpc) is 3.44. The quantitative estimate of drug-likeness (QED) is 0.677. The standard InChI is InChI=1S/C21H27NO4S/c1-21(2,3)17-11-10-16(20(12-17)26-14-19-13-25-19)15-27(23,24)22(4)18-8-6-5-7-9-18/h5-12,19H,13-15H2,1-4H3. The van der Waals surface area contributed by atoms with E-state index in [1.54, 1.807) is 19.2 Å². The number of rotatable bonds is 7. The molecule has 1 fully saturated rings. The first-order valence-corrected chi connectivity index (χ1v) is 10.7.